The van der Waals surface area contributed by atoms with Gasteiger partial charge in [0.25, 0.3) is 0 Å². The average molecular weight is 432 g/mol. The molecule has 1 N–H and O–H groups in total. The largest absolute Gasteiger partial charge is 0.416 e. The molecule has 0 amide bonds. The van der Waals surface area contributed by atoms with Gasteiger partial charge in [-0.1, -0.05) is 54.1 Å². The van der Waals surface area contributed by atoms with E-state index in [0.29, 0.717) is 11.3 Å². The summed E-state index contributed by atoms with van der Waals surface area (Å²) in [6.45, 7) is 1.99. The minimum absolute atomic E-state index is 0.0804. The minimum Gasteiger partial charge on any atom is -0.364 e. The lowest BCUT2D eigenvalue weighted by Crippen LogP contribution is -2.42. The second-order valence-electron chi connectivity index (χ2n) is 7.20. The van der Waals surface area contributed by atoms with E-state index in [2.05, 4.69) is 5.32 Å². The number of hydrogen-bond acceptors (Lipinski definition) is 3. The van der Waals surface area contributed by atoms with Crippen LogP contribution >= 0.6 is 0 Å². The van der Waals surface area contributed by atoms with Crippen LogP contribution in [-0.2, 0) is 22.7 Å². The third kappa shape index (κ3) is 3.80. The third-order valence-corrected chi connectivity index (χ3v) is 6.90. The van der Waals surface area contributed by atoms with Gasteiger partial charge in [0.05, 0.1) is 11.3 Å². The van der Waals surface area contributed by atoms with Gasteiger partial charge in [-0.2, -0.15) is 17.5 Å². The fourth-order valence-corrected chi connectivity index (χ4v) is 5.24. The molecule has 0 spiro atoms. The van der Waals surface area contributed by atoms with Crippen molar-refractivity contribution in [2.24, 2.45) is 0 Å². The Morgan fingerprint density at radius 3 is 2.33 bits per heavy atom. The van der Waals surface area contributed by atoms with E-state index in [0.717, 1.165) is 23.3 Å². The van der Waals surface area contributed by atoms with Crippen LogP contribution in [0.25, 0.3) is 0 Å². The normalized spacial score (nSPS) is 18.5. The predicted octanol–water partition coefficient (Wildman–Crippen LogP) is 5.33. The number of nitrogens with one attached hydrogen (secondary N) is 1. The van der Waals surface area contributed by atoms with Crippen molar-refractivity contribution in [1.29, 1.82) is 0 Å². The molecule has 4 rings (SSSR count). The molecule has 0 saturated heterocycles. The fraction of sp³-hybridized carbons (Fsp3) is 0.182. The number of benzene rings is 3. The van der Waals surface area contributed by atoms with E-state index in [4.69, 9.17) is 0 Å². The van der Waals surface area contributed by atoms with E-state index in [1.54, 1.807) is 18.2 Å². The summed E-state index contributed by atoms with van der Waals surface area (Å²) in [5.41, 5.74) is 1.84. The summed E-state index contributed by atoms with van der Waals surface area (Å²) in [6.07, 6.45) is -5.30. The molecule has 1 aliphatic heterocycles. The van der Waals surface area contributed by atoms with Crippen LogP contribution in [0.2, 0.25) is 0 Å². The number of halogens is 3. The lowest BCUT2D eigenvalue weighted by Gasteiger charge is -2.37. The van der Waals surface area contributed by atoms with E-state index < -0.39 is 27.9 Å². The molecule has 1 heterocycles. The highest BCUT2D eigenvalue weighted by Gasteiger charge is 2.39. The molecule has 4 nitrogen and oxygen atoms in total. The molecular formula is C22H19F3N2O2S. The molecule has 1 aliphatic rings. The third-order valence-electron chi connectivity index (χ3n) is 5.03. The Kier molecular flexibility index (Phi) is 5.07. The summed E-state index contributed by atoms with van der Waals surface area (Å²) in [6, 6.07) is 18.5. The maximum atomic E-state index is 13.4. The first-order valence-electron chi connectivity index (χ1n) is 9.26. The molecular weight excluding hydrogens is 413 g/mol. The monoisotopic (exact) mass is 432 g/mol. The molecule has 0 aromatic heterocycles. The molecule has 0 fully saturated rings. The standard InChI is InChI=1S/C22H19F3N2O2S/c1-15-5-4-6-16(13-15)14-27-21(17-9-11-18(12-10-17)22(23,24)25)26-19-7-2-3-8-20(19)30(27,28)29/h2-13,21,26H,14H2,1H3/t21-/m1/s1. The van der Waals surface area contributed by atoms with Crippen molar-refractivity contribution >= 4 is 15.7 Å². The SMILES string of the molecule is Cc1cccc(CN2[C@H](c3ccc(C(F)(F)F)cc3)Nc3ccccc3S2(=O)=O)c1. The number of anilines is 1. The molecule has 156 valence electrons. The van der Waals surface area contributed by atoms with E-state index in [9.17, 15) is 21.6 Å². The fourth-order valence-electron chi connectivity index (χ4n) is 3.57. The van der Waals surface area contributed by atoms with Crippen LogP contribution < -0.4 is 5.32 Å². The molecule has 0 radical (unpaired) electrons. The highest BCUT2D eigenvalue weighted by atomic mass is 32.2. The summed E-state index contributed by atoms with van der Waals surface area (Å²) in [7, 11) is -3.88. The number of sulfonamides is 1. The Hall–Kier alpha value is -2.84. The summed E-state index contributed by atoms with van der Waals surface area (Å²) >= 11 is 0. The second kappa shape index (κ2) is 7.45. The highest BCUT2D eigenvalue weighted by molar-refractivity contribution is 7.89. The lowest BCUT2D eigenvalue weighted by molar-refractivity contribution is -0.137. The van der Waals surface area contributed by atoms with Gasteiger partial charge in [0.2, 0.25) is 10.0 Å². The Labute approximate surface area is 173 Å². The number of rotatable bonds is 3. The molecule has 3 aromatic carbocycles. The number of alkyl halides is 3. The number of nitrogens with zero attached hydrogens (tertiary/aromatic N) is 1. The van der Waals surface area contributed by atoms with Crippen LogP contribution in [0.3, 0.4) is 0 Å². The first kappa shape index (κ1) is 20.4. The first-order valence-corrected chi connectivity index (χ1v) is 10.7. The molecule has 0 saturated carbocycles. The number of aryl methyl sites for hydroxylation is 1. The van der Waals surface area contributed by atoms with Crippen LogP contribution in [0.5, 0.6) is 0 Å². The summed E-state index contributed by atoms with van der Waals surface area (Å²) < 4.78 is 67.0. The summed E-state index contributed by atoms with van der Waals surface area (Å²) in [4.78, 5) is 0.140. The quantitative estimate of drug-likeness (QED) is 0.609. The van der Waals surface area contributed by atoms with E-state index in [-0.39, 0.29) is 11.4 Å². The van der Waals surface area contributed by atoms with Gasteiger partial charge in [0.1, 0.15) is 11.1 Å². The summed E-state index contributed by atoms with van der Waals surface area (Å²) in [5.74, 6) is 0. The van der Waals surface area contributed by atoms with Crippen LogP contribution in [0.1, 0.15) is 28.4 Å². The average Bonchev–Trinajstić information content (AvgIpc) is 2.70. The van der Waals surface area contributed by atoms with Crippen molar-refractivity contribution in [3.63, 3.8) is 0 Å². The molecule has 30 heavy (non-hydrogen) atoms. The molecule has 3 aromatic rings. The van der Waals surface area contributed by atoms with Crippen molar-refractivity contribution in [2.75, 3.05) is 5.32 Å². The second-order valence-corrected chi connectivity index (χ2v) is 9.06. The van der Waals surface area contributed by atoms with Crippen LogP contribution in [-0.4, -0.2) is 12.7 Å². The number of para-hydroxylation sites is 1. The zero-order valence-corrected chi connectivity index (χ0v) is 16.8. The predicted molar refractivity (Wildman–Crippen MR) is 108 cm³/mol. The lowest BCUT2D eigenvalue weighted by atomic mass is 10.1. The van der Waals surface area contributed by atoms with Gasteiger partial charge in [-0.3, -0.25) is 0 Å². The number of fused-ring (bicyclic) bond motifs is 1. The Bertz CT molecular complexity index is 1180. The molecule has 0 aliphatic carbocycles. The molecule has 0 bridgehead atoms. The van der Waals surface area contributed by atoms with Gasteiger partial charge in [0, 0.05) is 6.54 Å². The van der Waals surface area contributed by atoms with Gasteiger partial charge in [-0.15, -0.1) is 0 Å². The molecule has 8 heteroatoms. The smallest absolute Gasteiger partial charge is 0.364 e. The van der Waals surface area contributed by atoms with Crippen LogP contribution in [0.4, 0.5) is 18.9 Å². The van der Waals surface area contributed by atoms with Crippen molar-refractivity contribution in [3.05, 3.63) is 95.1 Å². The van der Waals surface area contributed by atoms with Crippen molar-refractivity contribution < 1.29 is 21.6 Å². The number of hydrogen-bond donors (Lipinski definition) is 1. The van der Waals surface area contributed by atoms with Gasteiger partial charge in [0.15, 0.2) is 0 Å². The summed E-state index contributed by atoms with van der Waals surface area (Å²) in [5, 5.41) is 3.18. The van der Waals surface area contributed by atoms with E-state index in [1.165, 1.54) is 22.5 Å². The van der Waals surface area contributed by atoms with Gasteiger partial charge in [-0.05, 0) is 42.3 Å². The zero-order chi connectivity index (χ0) is 21.5. The maximum Gasteiger partial charge on any atom is 0.416 e. The van der Waals surface area contributed by atoms with Crippen molar-refractivity contribution in [1.82, 2.24) is 4.31 Å². The Morgan fingerprint density at radius 2 is 1.67 bits per heavy atom. The van der Waals surface area contributed by atoms with Crippen LogP contribution in [0.15, 0.2) is 77.7 Å². The maximum absolute atomic E-state index is 13.4. The Morgan fingerprint density at radius 1 is 0.967 bits per heavy atom. The van der Waals surface area contributed by atoms with Gasteiger partial charge < -0.3 is 5.32 Å². The first-order chi connectivity index (χ1) is 14.2. The Balaban J connectivity index is 1.80. The topological polar surface area (TPSA) is 49.4 Å². The van der Waals surface area contributed by atoms with E-state index >= 15 is 0 Å². The zero-order valence-electron chi connectivity index (χ0n) is 16.0. The van der Waals surface area contributed by atoms with Crippen molar-refractivity contribution in [3.8, 4) is 0 Å². The molecule has 1 atom stereocenters. The van der Waals surface area contributed by atoms with Gasteiger partial charge >= 0.3 is 6.18 Å². The van der Waals surface area contributed by atoms with Gasteiger partial charge in [-0.25, -0.2) is 8.42 Å². The molecule has 0 unspecified atom stereocenters. The van der Waals surface area contributed by atoms with Crippen LogP contribution in [0, 0.1) is 6.92 Å². The minimum atomic E-state index is -4.46. The van der Waals surface area contributed by atoms with E-state index in [1.807, 2.05) is 31.2 Å². The van der Waals surface area contributed by atoms with Crippen molar-refractivity contribution in [2.45, 2.75) is 30.7 Å². The highest BCUT2D eigenvalue weighted by Crippen LogP contribution is 2.40.